The van der Waals surface area contributed by atoms with Gasteiger partial charge in [-0.15, -0.1) is 0 Å². The van der Waals surface area contributed by atoms with E-state index >= 15 is 0 Å². The van der Waals surface area contributed by atoms with E-state index in [1.807, 2.05) is 31.2 Å². The van der Waals surface area contributed by atoms with Crippen molar-refractivity contribution in [2.24, 2.45) is 0 Å². The molecule has 1 aromatic heterocycles. The van der Waals surface area contributed by atoms with E-state index in [-0.39, 0.29) is 18.6 Å². The summed E-state index contributed by atoms with van der Waals surface area (Å²) in [5.41, 5.74) is 1.61. The summed E-state index contributed by atoms with van der Waals surface area (Å²) in [7, 11) is 0. The third kappa shape index (κ3) is 2.54. The van der Waals surface area contributed by atoms with E-state index < -0.39 is 0 Å². The molecule has 0 saturated heterocycles. The lowest BCUT2D eigenvalue weighted by Crippen LogP contribution is -2.34. The molecule has 2 aromatic rings. The topological polar surface area (TPSA) is 65.1 Å². The molecule has 1 unspecified atom stereocenters. The monoisotopic (exact) mass is 246 g/mol. The highest BCUT2D eigenvalue weighted by atomic mass is 16.3. The first-order chi connectivity index (χ1) is 8.76. The van der Waals surface area contributed by atoms with Crippen LogP contribution in [0.15, 0.2) is 30.5 Å². The smallest absolute Gasteiger partial charge is 0.253 e. The number of aromatic amines is 1. The van der Waals surface area contributed by atoms with E-state index in [9.17, 15) is 4.79 Å². The SMILES string of the molecule is CCC(CCO)NC(=O)c1c[nH]c2ccccc12. The molecule has 4 nitrogen and oxygen atoms in total. The summed E-state index contributed by atoms with van der Waals surface area (Å²) in [6.45, 7) is 2.09. The maximum Gasteiger partial charge on any atom is 0.253 e. The lowest BCUT2D eigenvalue weighted by molar-refractivity contribution is 0.0931. The van der Waals surface area contributed by atoms with Crippen molar-refractivity contribution in [3.05, 3.63) is 36.0 Å². The van der Waals surface area contributed by atoms with Gasteiger partial charge in [0.2, 0.25) is 0 Å². The average Bonchev–Trinajstić information content (AvgIpc) is 2.82. The van der Waals surface area contributed by atoms with Gasteiger partial charge in [-0.25, -0.2) is 0 Å². The largest absolute Gasteiger partial charge is 0.396 e. The van der Waals surface area contributed by atoms with Crippen molar-refractivity contribution < 1.29 is 9.90 Å². The van der Waals surface area contributed by atoms with E-state index in [0.717, 1.165) is 17.3 Å². The number of H-pyrrole nitrogens is 1. The highest BCUT2D eigenvalue weighted by Gasteiger charge is 2.15. The molecule has 96 valence electrons. The lowest BCUT2D eigenvalue weighted by Gasteiger charge is -2.15. The summed E-state index contributed by atoms with van der Waals surface area (Å²) < 4.78 is 0. The average molecular weight is 246 g/mol. The van der Waals surface area contributed by atoms with Gasteiger partial charge in [-0.3, -0.25) is 4.79 Å². The molecule has 0 aliphatic rings. The van der Waals surface area contributed by atoms with Crippen LogP contribution in [0.1, 0.15) is 30.1 Å². The van der Waals surface area contributed by atoms with Crippen LogP contribution in [0.3, 0.4) is 0 Å². The van der Waals surface area contributed by atoms with Gasteiger partial charge in [-0.05, 0) is 18.9 Å². The second kappa shape index (κ2) is 5.69. The highest BCUT2D eigenvalue weighted by molar-refractivity contribution is 6.06. The fourth-order valence-corrected chi connectivity index (χ4v) is 2.06. The highest BCUT2D eigenvalue weighted by Crippen LogP contribution is 2.17. The van der Waals surface area contributed by atoms with Gasteiger partial charge in [-0.2, -0.15) is 0 Å². The molecule has 0 fully saturated rings. The number of nitrogens with one attached hydrogen (secondary N) is 2. The van der Waals surface area contributed by atoms with E-state index in [1.54, 1.807) is 6.20 Å². The first-order valence-corrected chi connectivity index (χ1v) is 6.24. The Morgan fingerprint density at radius 2 is 2.22 bits per heavy atom. The summed E-state index contributed by atoms with van der Waals surface area (Å²) in [5, 5.41) is 12.8. The quantitative estimate of drug-likeness (QED) is 0.756. The minimum atomic E-state index is -0.0900. The van der Waals surface area contributed by atoms with Crippen LogP contribution in [0.4, 0.5) is 0 Å². The van der Waals surface area contributed by atoms with Crippen LogP contribution in [-0.4, -0.2) is 28.6 Å². The number of aromatic nitrogens is 1. The van der Waals surface area contributed by atoms with Crippen molar-refractivity contribution in [2.75, 3.05) is 6.61 Å². The number of carbonyl (C=O) groups is 1. The molecule has 3 N–H and O–H groups in total. The molecule has 1 heterocycles. The molecule has 0 aliphatic heterocycles. The van der Waals surface area contributed by atoms with Crippen LogP contribution in [0.25, 0.3) is 10.9 Å². The molecule has 0 radical (unpaired) electrons. The summed E-state index contributed by atoms with van der Waals surface area (Å²) in [6, 6.07) is 7.74. The van der Waals surface area contributed by atoms with Crippen molar-refractivity contribution in [2.45, 2.75) is 25.8 Å². The van der Waals surface area contributed by atoms with E-state index in [1.165, 1.54) is 0 Å². The van der Waals surface area contributed by atoms with Gasteiger partial charge in [0.1, 0.15) is 0 Å². The number of aliphatic hydroxyl groups excluding tert-OH is 1. The Balaban J connectivity index is 2.18. The zero-order chi connectivity index (χ0) is 13.0. The Morgan fingerprint density at radius 3 is 2.94 bits per heavy atom. The number of fused-ring (bicyclic) bond motifs is 1. The number of rotatable bonds is 5. The zero-order valence-electron chi connectivity index (χ0n) is 10.4. The maximum atomic E-state index is 12.2. The van der Waals surface area contributed by atoms with Crippen molar-refractivity contribution in [1.82, 2.24) is 10.3 Å². The van der Waals surface area contributed by atoms with Crippen LogP contribution in [0.2, 0.25) is 0 Å². The van der Waals surface area contributed by atoms with Crippen molar-refractivity contribution in [3.8, 4) is 0 Å². The van der Waals surface area contributed by atoms with Crippen LogP contribution in [0, 0.1) is 0 Å². The number of amides is 1. The Labute approximate surface area is 106 Å². The van der Waals surface area contributed by atoms with Gasteiger partial charge in [-0.1, -0.05) is 25.1 Å². The van der Waals surface area contributed by atoms with Gasteiger partial charge >= 0.3 is 0 Å². The predicted octanol–water partition coefficient (Wildman–Crippen LogP) is 2.06. The van der Waals surface area contributed by atoms with Gasteiger partial charge < -0.3 is 15.4 Å². The van der Waals surface area contributed by atoms with Crippen molar-refractivity contribution in [1.29, 1.82) is 0 Å². The minimum absolute atomic E-state index is 0.0242. The van der Waals surface area contributed by atoms with E-state index in [0.29, 0.717) is 12.0 Å². The third-order valence-electron chi connectivity index (χ3n) is 3.14. The zero-order valence-corrected chi connectivity index (χ0v) is 10.4. The molecular weight excluding hydrogens is 228 g/mol. The number of para-hydroxylation sites is 1. The lowest BCUT2D eigenvalue weighted by atomic mass is 10.1. The first-order valence-electron chi connectivity index (χ1n) is 6.24. The molecule has 4 heteroatoms. The molecule has 0 spiro atoms. The summed E-state index contributed by atoms with van der Waals surface area (Å²) >= 11 is 0. The van der Waals surface area contributed by atoms with Crippen LogP contribution in [0.5, 0.6) is 0 Å². The van der Waals surface area contributed by atoms with Gasteiger partial charge in [0.25, 0.3) is 5.91 Å². The Morgan fingerprint density at radius 1 is 1.44 bits per heavy atom. The normalized spacial score (nSPS) is 12.6. The number of benzene rings is 1. The second-order valence-corrected chi connectivity index (χ2v) is 4.34. The Kier molecular flexibility index (Phi) is 3.99. The Bertz CT molecular complexity index is 533. The predicted molar refractivity (Wildman–Crippen MR) is 71.5 cm³/mol. The summed E-state index contributed by atoms with van der Waals surface area (Å²) in [4.78, 5) is 15.2. The van der Waals surface area contributed by atoms with Crippen LogP contribution >= 0.6 is 0 Å². The first kappa shape index (κ1) is 12.6. The third-order valence-corrected chi connectivity index (χ3v) is 3.14. The molecule has 0 saturated carbocycles. The van der Waals surface area contributed by atoms with Gasteiger partial charge in [0.05, 0.1) is 5.56 Å². The van der Waals surface area contributed by atoms with Gasteiger partial charge in [0, 0.05) is 29.7 Å². The van der Waals surface area contributed by atoms with E-state index in [4.69, 9.17) is 5.11 Å². The number of carbonyl (C=O) groups excluding carboxylic acids is 1. The van der Waals surface area contributed by atoms with Crippen LogP contribution < -0.4 is 5.32 Å². The fraction of sp³-hybridized carbons (Fsp3) is 0.357. The van der Waals surface area contributed by atoms with Crippen molar-refractivity contribution >= 4 is 16.8 Å². The fourth-order valence-electron chi connectivity index (χ4n) is 2.06. The van der Waals surface area contributed by atoms with Crippen LogP contribution in [-0.2, 0) is 0 Å². The molecule has 1 aromatic carbocycles. The molecular formula is C14H18N2O2. The molecule has 1 atom stereocenters. The Hall–Kier alpha value is -1.81. The summed E-state index contributed by atoms with van der Waals surface area (Å²) in [6.07, 6.45) is 3.13. The minimum Gasteiger partial charge on any atom is -0.396 e. The molecule has 0 aliphatic carbocycles. The number of hydrogen-bond acceptors (Lipinski definition) is 2. The molecule has 18 heavy (non-hydrogen) atoms. The van der Waals surface area contributed by atoms with Gasteiger partial charge in [0.15, 0.2) is 0 Å². The number of hydrogen-bond donors (Lipinski definition) is 3. The van der Waals surface area contributed by atoms with Crippen molar-refractivity contribution in [3.63, 3.8) is 0 Å². The van der Waals surface area contributed by atoms with E-state index in [2.05, 4.69) is 10.3 Å². The molecule has 2 rings (SSSR count). The number of aliphatic hydroxyl groups is 1. The summed E-state index contributed by atoms with van der Waals surface area (Å²) in [5.74, 6) is -0.0900. The molecule has 0 bridgehead atoms. The standard InChI is InChI=1S/C14H18N2O2/c1-2-10(7-8-17)16-14(18)12-9-15-13-6-4-3-5-11(12)13/h3-6,9-10,15,17H,2,7-8H2,1H3,(H,16,18). The maximum absolute atomic E-state index is 12.2. The molecule has 1 amide bonds. The second-order valence-electron chi connectivity index (χ2n) is 4.34.